The van der Waals surface area contributed by atoms with Gasteiger partial charge in [0.2, 0.25) is 10.0 Å². The van der Waals surface area contributed by atoms with E-state index in [0.29, 0.717) is 12.0 Å². The van der Waals surface area contributed by atoms with Crippen molar-refractivity contribution >= 4 is 32.6 Å². The molecule has 2 aromatic carbocycles. The zero-order chi connectivity index (χ0) is 27.2. The van der Waals surface area contributed by atoms with Gasteiger partial charge in [0.15, 0.2) is 5.82 Å². The molecule has 0 bridgehead atoms. The molecule has 4 N–H and O–H groups in total. The van der Waals surface area contributed by atoms with Crippen molar-refractivity contribution in [1.82, 2.24) is 19.1 Å². The third-order valence-electron chi connectivity index (χ3n) is 6.67. The molecule has 5 rings (SSSR count). The second-order valence-corrected chi connectivity index (χ2v) is 11.1. The first-order chi connectivity index (χ1) is 17.9. The number of nitrogens with zero attached hydrogens (tertiary/aromatic N) is 4. The van der Waals surface area contributed by atoms with Crippen LogP contribution in [0.15, 0.2) is 65.7 Å². The summed E-state index contributed by atoms with van der Waals surface area (Å²) in [7, 11) is -2.07. The molecule has 0 aliphatic carbocycles. The van der Waals surface area contributed by atoms with Gasteiger partial charge in [0.05, 0.1) is 28.1 Å². The lowest BCUT2D eigenvalue weighted by atomic mass is 10.0. The Balaban J connectivity index is 1.27. The van der Waals surface area contributed by atoms with Crippen LogP contribution in [0.4, 0.5) is 24.8 Å². The van der Waals surface area contributed by atoms with E-state index < -0.39 is 33.9 Å². The van der Waals surface area contributed by atoms with Crippen molar-refractivity contribution in [3.8, 4) is 11.1 Å². The normalized spacial score (nSPS) is 19.1. The van der Waals surface area contributed by atoms with Crippen LogP contribution in [-0.4, -0.2) is 57.8 Å². The van der Waals surface area contributed by atoms with E-state index in [1.807, 2.05) is 18.2 Å². The number of β-amino-alcohol motifs (C(OH)–C–C–N with tert-alkyl or cyclic N) is 1. The van der Waals surface area contributed by atoms with Gasteiger partial charge >= 0.3 is 6.18 Å². The molecule has 3 heterocycles. The molecule has 1 aliphatic rings. The number of rotatable bonds is 5. The maximum atomic E-state index is 13.2. The number of alkyl halides is 3. The number of nitrogen functional groups attached to an aromatic ring is 1. The van der Waals surface area contributed by atoms with Crippen LogP contribution < -0.4 is 11.1 Å². The number of halogens is 3. The van der Waals surface area contributed by atoms with Crippen molar-refractivity contribution in [3.63, 3.8) is 0 Å². The van der Waals surface area contributed by atoms with E-state index >= 15 is 0 Å². The highest BCUT2D eigenvalue weighted by Crippen LogP contribution is 2.31. The van der Waals surface area contributed by atoms with Gasteiger partial charge in [-0.1, -0.05) is 18.2 Å². The SMILES string of the molecule is Cn1nc(N)c2cc(-c3ccc(S(=O)(=O)N4CC[C@@H](Nc5ccc(C(F)(F)F)cn5)[C@@H](O)C4)cc3)ccc21. The van der Waals surface area contributed by atoms with E-state index in [0.717, 1.165) is 28.1 Å². The van der Waals surface area contributed by atoms with Gasteiger partial charge in [-0.2, -0.15) is 22.6 Å². The van der Waals surface area contributed by atoms with Gasteiger partial charge in [-0.15, -0.1) is 0 Å². The summed E-state index contributed by atoms with van der Waals surface area (Å²) in [4.78, 5) is 3.85. The number of benzene rings is 2. The highest BCUT2D eigenvalue weighted by molar-refractivity contribution is 7.89. The van der Waals surface area contributed by atoms with Crippen molar-refractivity contribution in [2.24, 2.45) is 7.05 Å². The second kappa shape index (κ2) is 9.57. The monoisotopic (exact) mass is 546 g/mol. The third kappa shape index (κ3) is 4.91. The second-order valence-electron chi connectivity index (χ2n) is 9.16. The number of nitrogens with two attached hydrogens (primary N) is 1. The molecule has 38 heavy (non-hydrogen) atoms. The van der Waals surface area contributed by atoms with Gasteiger partial charge in [0.25, 0.3) is 0 Å². The quantitative estimate of drug-likeness (QED) is 0.350. The number of pyridine rings is 1. The van der Waals surface area contributed by atoms with Crippen molar-refractivity contribution in [2.75, 3.05) is 24.1 Å². The number of nitrogens with one attached hydrogen (secondary N) is 1. The lowest BCUT2D eigenvalue weighted by Crippen LogP contribution is -2.51. The standard InChI is InChI=1S/C25H25F3N6O3S/c1-33-21-8-4-16(12-19(21)24(29)32-33)15-2-6-18(7-3-15)38(36,37)34-11-10-20(22(35)14-34)31-23-9-5-17(13-30-23)25(26,27)28/h2-9,12-13,20,22,35H,10-11,14H2,1H3,(H2,29,32)(H,30,31)/t20-,22+/m1/s1. The Kier molecular flexibility index (Phi) is 6.53. The molecule has 0 unspecified atom stereocenters. The maximum absolute atomic E-state index is 13.2. The summed E-state index contributed by atoms with van der Waals surface area (Å²) in [5.41, 5.74) is 7.66. The van der Waals surface area contributed by atoms with E-state index in [-0.39, 0.29) is 30.2 Å². The minimum Gasteiger partial charge on any atom is -0.390 e. The number of hydrogen-bond acceptors (Lipinski definition) is 7. The van der Waals surface area contributed by atoms with E-state index in [2.05, 4.69) is 15.4 Å². The maximum Gasteiger partial charge on any atom is 0.417 e. The van der Waals surface area contributed by atoms with Crippen LogP contribution in [0.2, 0.25) is 0 Å². The van der Waals surface area contributed by atoms with Crippen LogP contribution in [0.3, 0.4) is 0 Å². The number of sulfonamides is 1. The van der Waals surface area contributed by atoms with Crippen LogP contribution >= 0.6 is 0 Å². The van der Waals surface area contributed by atoms with Crippen molar-refractivity contribution in [3.05, 3.63) is 66.4 Å². The molecule has 2 aromatic heterocycles. The minimum atomic E-state index is -4.50. The average Bonchev–Trinajstić information content (AvgIpc) is 3.17. The summed E-state index contributed by atoms with van der Waals surface area (Å²) in [5.74, 6) is 0.578. The van der Waals surface area contributed by atoms with E-state index in [1.165, 1.54) is 22.5 Å². The molecule has 1 aliphatic heterocycles. The molecule has 13 heteroatoms. The van der Waals surface area contributed by atoms with E-state index in [1.54, 1.807) is 23.9 Å². The Morgan fingerprint density at radius 2 is 1.79 bits per heavy atom. The molecule has 1 fully saturated rings. The molecule has 200 valence electrons. The first-order valence-corrected chi connectivity index (χ1v) is 13.2. The Bertz CT molecular complexity index is 1570. The van der Waals surface area contributed by atoms with Gasteiger partial charge in [-0.05, 0) is 53.9 Å². The van der Waals surface area contributed by atoms with E-state index in [4.69, 9.17) is 5.73 Å². The van der Waals surface area contributed by atoms with Crippen molar-refractivity contribution in [2.45, 2.75) is 29.6 Å². The molecule has 2 atom stereocenters. The van der Waals surface area contributed by atoms with Crippen LogP contribution in [0, 0.1) is 0 Å². The molecule has 0 amide bonds. The lowest BCUT2D eigenvalue weighted by Gasteiger charge is -2.35. The lowest BCUT2D eigenvalue weighted by molar-refractivity contribution is -0.137. The first-order valence-electron chi connectivity index (χ1n) is 11.7. The number of anilines is 2. The number of aromatic nitrogens is 3. The number of fused-ring (bicyclic) bond motifs is 1. The number of piperidine rings is 1. The van der Waals surface area contributed by atoms with E-state index in [9.17, 15) is 26.7 Å². The fourth-order valence-corrected chi connectivity index (χ4v) is 6.04. The van der Waals surface area contributed by atoms with Gasteiger partial charge in [-0.3, -0.25) is 4.68 Å². The Labute approximate surface area is 216 Å². The summed E-state index contributed by atoms with van der Waals surface area (Å²) in [5, 5.41) is 18.5. The summed E-state index contributed by atoms with van der Waals surface area (Å²) >= 11 is 0. The number of aryl methyl sites for hydroxylation is 1. The Hall–Kier alpha value is -3.68. The summed E-state index contributed by atoms with van der Waals surface area (Å²) in [6.07, 6.45) is -4.63. The molecular weight excluding hydrogens is 521 g/mol. The molecule has 9 nitrogen and oxygen atoms in total. The molecule has 4 aromatic rings. The fraction of sp³-hybridized carbons (Fsp3) is 0.280. The zero-order valence-corrected chi connectivity index (χ0v) is 21.0. The van der Waals surface area contributed by atoms with Crippen molar-refractivity contribution < 1.29 is 26.7 Å². The highest BCUT2D eigenvalue weighted by atomic mass is 32.2. The van der Waals surface area contributed by atoms with Crippen LogP contribution in [0.1, 0.15) is 12.0 Å². The third-order valence-corrected chi connectivity index (χ3v) is 8.55. The fourth-order valence-electron chi connectivity index (χ4n) is 4.57. The largest absolute Gasteiger partial charge is 0.417 e. The average molecular weight is 547 g/mol. The van der Waals surface area contributed by atoms with Crippen LogP contribution in [-0.2, 0) is 23.2 Å². The van der Waals surface area contributed by atoms with Crippen LogP contribution in [0.25, 0.3) is 22.0 Å². The molecule has 0 radical (unpaired) electrons. The highest BCUT2D eigenvalue weighted by Gasteiger charge is 2.35. The van der Waals surface area contributed by atoms with Gasteiger partial charge in [-0.25, -0.2) is 13.4 Å². The smallest absolute Gasteiger partial charge is 0.390 e. The molecular formula is C25H25F3N6O3S. The van der Waals surface area contributed by atoms with Crippen molar-refractivity contribution in [1.29, 1.82) is 0 Å². The van der Waals surface area contributed by atoms with Crippen LogP contribution in [0.5, 0.6) is 0 Å². The summed E-state index contributed by atoms with van der Waals surface area (Å²) < 4.78 is 67.6. The van der Waals surface area contributed by atoms with Gasteiger partial charge in [0.1, 0.15) is 5.82 Å². The summed E-state index contributed by atoms with van der Waals surface area (Å²) in [6, 6.07) is 13.7. The molecule has 0 spiro atoms. The number of hydrogen-bond donors (Lipinski definition) is 3. The zero-order valence-electron chi connectivity index (χ0n) is 20.2. The molecule has 1 saturated heterocycles. The predicted octanol–water partition coefficient (Wildman–Crippen LogP) is 3.47. The predicted molar refractivity (Wildman–Crippen MR) is 137 cm³/mol. The first kappa shape index (κ1) is 25.9. The minimum absolute atomic E-state index is 0.0891. The number of aliphatic hydroxyl groups is 1. The topological polar surface area (TPSA) is 126 Å². The Morgan fingerprint density at radius 1 is 1.08 bits per heavy atom. The number of aliphatic hydroxyl groups excluding tert-OH is 1. The molecule has 0 saturated carbocycles. The van der Waals surface area contributed by atoms with Gasteiger partial charge in [0, 0.05) is 31.7 Å². The van der Waals surface area contributed by atoms with Gasteiger partial charge < -0.3 is 16.2 Å². The summed E-state index contributed by atoms with van der Waals surface area (Å²) in [6.45, 7) is -0.0459. The Morgan fingerprint density at radius 3 is 2.42 bits per heavy atom.